The molecule has 6 nitrogen and oxygen atoms in total. The molecule has 0 unspecified atom stereocenters. The summed E-state index contributed by atoms with van der Waals surface area (Å²) in [6.45, 7) is 1.43. The van der Waals surface area contributed by atoms with E-state index in [0.717, 1.165) is 35.9 Å². The molecule has 1 aliphatic carbocycles. The first-order chi connectivity index (χ1) is 14.4. The number of aliphatic imine (C=N–C) groups is 1. The number of likely N-dealkylation sites (N-methyl/N-ethyl adjacent to an activating group) is 1. The third kappa shape index (κ3) is 7.28. The molecule has 0 saturated heterocycles. The maximum absolute atomic E-state index is 11.7. The highest BCUT2D eigenvalue weighted by molar-refractivity contribution is 14.0. The SMILES string of the molecule is CN=C(NCc1cccc(OCC(=O)N(C)C)c1)NCC1(c2cccc(Cl)c2)CC1.I. The molecule has 1 amide bonds. The number of ether oxygens (including phenoxy) is 1. The minimum absolute atomic E-state index is 0. The standard InChI is InChI=1S/C23H29ClN4O2.HI/c1-25-22(27-16-23(10-11-23)18-7-5-8-19(24)13-18)26-14-17-6-4-9-20(12-17)30-15-21(29)28(2)3;/h4-9,12-13H,10-11,14-16H2,1-3H3,(H2,25,26,27);1H. The Hall–Kier alpha value is -2.00. The monoisotopic (exact) mass is 556 g/mol. The molecule has 3 rings (SSSR count). The summed E-state index contributed by atoms with van der Waals surface area (Å²) in [6.07, 6.45) is 2.28. The molecule has 168 valence electrons. The van der Waals surface area contributed by atoms with Crippen molar-refractivity contribution < 1.29 is 9.53 Å². The van der Waals surface area contributed by atoms with Crippen molar-refractivity contribution in [1.82, 2.24) is 15.5 Å². The third-order valence-corrected chi connectivity index (χ3v) is 5.56. The molecule has 2 aromatic carbocycles. The van der Waals surface area contributed by atoms with E-state index in [4.69, 9.17) is 16.3 Å². The third-order valence-electron chi connectivity index (χ3n) is 5.33. The van der Waals surface area contributed by atoms with Crippen LogP contribution in [0.1, 0.15) is 24.0 Å². The zero-order chi connectivity index (χ0) is 21.6. The number of carbonyl (C=O) groups is 1. The zero-order valence-corrected chi connectivity index (χ0v) is 21.2. The van der Waals surface area contributed by atoms with Crippen LogP contribution in [0.5, 0.6) is 5.75 Å². The maximum Gasteiger partial charge on any atom is 0.259 e. The van der Waals surface area contributed by atoms with Crippen LogP contribution in [0.2, 0.25) is 5.02 Å². The summed E-state index contributed by atoms with van der Waals surface area (Å²) in [5, 5.41) is 7.56. The maximum atomic E-state index is 11.7. The van der Waals surface area contributed by atoms with Crippen LogP contribution in [0.3, 0.4) is 0 Å². The molecule has 0 aliphatic heterocycles. The van der Waals surface area contributed by atoms with E-state index in [0.29, 0.717) is 12.3 Å². The Kier molecular flexibility index (Phi) is 9.43. The number of halogens is 2. The number of hydrogen-bond acceptors (Lipinski definition) is 3. The second-order valence-electron chi connectivity index (χ2n) is 7.79. The van der Waals surface area contributed by atoms with E-state index >= 15 is 0 Å². The fourth-order valence-corrected chi connectivity index (χ4v) is 3.41. The Bertz CT molecular complexity index is 916. The lowest BCUT2D eigenvalue weighted by Crippen LogP contribution is -2.40. The smallest absolute Gasteiger partial charge is 0.259 e. The van der Waals surface area contributed by atoms with Gasteiger partial charge in [0.2, 0.25) is 0 Å². The molecule has 2 aromatic rings. The zero-order valence-electron chi connectivity index (χ0n) is 18.2. The van der Waals surface area contributed by atoms with Gasteiger partial charge in [-0.25, -0.2) is 0 Å². The minimum Gasteiger partial charge on any atom is -0.484 e. The van der Waals surface area contributed by atoms with E-state index in [1.165, 1.54) is 10.5 Å². The molecule has 2 N–H and O–H groups in total. The quantitative estimate of drug-likeness (QED) is 0.295. The summed E-state index contributed by atoms with van der Waals surface area (Å²) in [5.41, 5.74) is 2.45. The van der Waals surface area contributed by atoms with Gasteiger partial charge in [0.25, 0.3) is 5.91 Å². The highest BCUT2D eigenvalue weighted by atomic mass is 127. The average molecular weight is 557 g/mol. The second-order valence-corrected chi connectivity index (χ2v) is 8.23. The topological polar surface area (TPSA) is 66.0 Å². The number of nitrogens with one attached hydrogen (secondary N) is 2. The van der Waals surface area contributed by atoms with E-state index < -0.39 is 0 Å². The first-order valence-electron chi connectivity index (χ1n) is 10.0. The number of carbonyl (C=O) groups excluding carboxylic acids is 1. The lowest BCUT2D eigenvalue weighted by Gasteiger charge is -2.19. The predicted octanol–water partition coefficient (Wildman–Crippen LogP) is 3.82. The van der Waals surface area contributed by atoms with Gasteiger partial charge in [0.15, 0.2) is 12.6 Å². The van der Waals surface area contributed by atoms with Crippen LogP contribution in [0.25, 0.3) is 0 Å². The van der Waals surface area contributed by atoms with Crippen LogP contribution in [0, 0.1) is 0 Å². The highest BCUT2D eigenvalue weighted by Gasteiger charge is 2.44. The molecule has 1 fully saturated rings. The van der Waals surface area contributed by atoms with Gasteiger partial charge in [0.05, 0.1) is 0 Å². The van der Waals surface area contributed by atoms with E-state index in [9.17, 15) is 4.79 Å². The highest BCUT2D eigenvalue weighted by Crippen LogP contribution is 2.48. The van der Waals surface area contributed by atoms with Crippen molar-refractivity contribution in [2.45, 2.75) is 24.8 Å². The molecule has 1 saturated carbocycles. The predicted molar refractivity (Wildman–Crippen MR) is 137 cm³/mol. The average Bonchev–Trinajstić information content (AvgIpc) is 3.53. The van der Waals surface area contributed by atoms with Gasteiger partial charge in [0.1, 0.15) is 5.75 Å². The van der Waals surface area contributed by atoms with E-state index in [-0.39, 0.29) is 41.9 Å². The Morgan fingerprint density at radius 1 is 1.16 bits per heavy atom. The summed E-state index contributed by atoms with van der Waals surface area (Å²) < 4.78 is 5.59. The normalized spacial score (nSPS) is 14.3. The van der Waals surface area contributed by atoms with Gasteiger partial charge in [-0.1, -0.05) is 35.9 Å². The van der Waals surface area contributed by atoms with Gasteiger partial charge in [-0.3, -0.25) is 9.79 Å². The number of rotatable bonds is 8. The summed E-state index contributed by atoms with van der Waals surface area (Å²) in [6, 6.07) is 15.8. The first kappa shape index (κ1) is 25.3. The molecule has 8 heteroatoms. The van der Waals surface area contributed by atoms with E-state index in [1.54, 1.807) is 21.1 Å². The van der Waals surface area contributed by atoms with Gasteiger partial charge >= 0.3 is 0 Å². The van der Waals surface area contributed by atoms with E-state index in [2.05, 4.69) is 27.8 Å². The Balaban J connectivity index is 0.00000341. The molecule has 0 aromatic heterocycles. The van der Waals surface area contributed by atoms with Gasteiger partial charge in [-0.15, -0.1) is 24.0 Å². The van der Waals surface area contributed by atoms with Crippen LogP contribution < -0.4 is 15.4 Å². The second kappa shape index (κ2) is 11.6. The van der Waals surface area contributed by atoms with E-state index in [1.807, 2.05) is 36.4 Å². The Labute approximate surface area is 206 Å². The van der Waals surface area contributed by atoms with Crippen molar-refractivity contribution in [3.05, 3.63) is 64.7 Å². The van der Waals surface area contributed by atoms with Crippen molar-refractivity contribution in [3.63, 3.8) is 0 Å². The summed E-state index contributed by atoms with van der Waals surface area (Å²) in [5.74, 6) is 1.35. The Morgan fingerprint density at radius 3 is 2.55 bits per heavy atom. The fraction of sp³-hybridized carbons (Fsp3) is 0.391. The number of amides is 1. The molecular weight excluding hydrogens is 527 g/mol. The van der Waals surface area contributed by atoms with Gasteiger partial charge in [0, 0.05) is 44.7 Å². The lowest BCUT2D eigenvalue weighted by atomic mass is 9.96. The van der Waals surface area contributed by atoms with Crippen LogP contribution in [0.4, 0.5) is 0 Å². The number of nitrogens with zero attached hydrogens (tertiary/aromatic N) is 2. The van der Waals surface area contributed by atoms with Gasteiger partial charge in [-0.2, -0.15) is 0 Å². The fourth-order valence-electron chi connectivity index (χ4n) is 3.22. The number of guanidine groups is 1. The molecule has 0 heterocycles. The lowest BCUT2D eigenvalue weighted by molar-refractivity contribution is -0.130. The summed E-state index contributed by atoms with van der Waals surface area (Å²) in [4.78, 5) is 17.5. The van der Waals surface area contributed by atoms with Gasteiger partial charge in [-0.05, 0) is 48.2 Å². The summed E-state index contributed by atoms with van der Waals surface area (Å²) >= 11 is 6.17. The first-order valence-corrected chi connectivity index (χ1v) is 10.4. The number of benzene rings is 2. The summed E-state index contributed by atoms with van der Waals surface area (Å²) in [7, 11) is 5.19. The Morgan fingerprint density at radius 2 is 1.90 bits per heavy atom. The molecule has 0 atom stereocenters. The molecule has 31 heavy (non-hydrogen) atoms. The van der Waals surface area contributed by atoms with Crippen molar-refractivity contribution in [1.29, 1.82) is 0 Å². The molecule has 1 aliphatic rings. The van der Waals surface area contributed by atoms with Crippen molar-refractivity contribution in [2.75, 3.05) is 34.3 Å². The van der Waals surface area contributed by atoms with Crippen molar-refractivity contribution >= 4 is 47.4 Å². The van der Waals surface area contributed by atoms with Crippen LogP contribution in [-0.4, -0.2) is 51.1 Å². The molecule has 0 radical (unpaired) electrons. The largest absolute Gasteiger partial charge is 0.484 e. The van der Waals surface area contributed by atoms with Crippen molar-refractivity contribution in [3.8, 4) is 5.75 Å². The number of hydrogen-bond donors (Lipinski definition) is 2. The van der Waals surface area contributed by atoms with Crippen LogP contribution >= 0.6 is 35.6 Å². The van der Waals surface area contributed by atoms with Crippen LogP contribution in [-0.2, 0) is 16.8 Å². The molecule has 0 spiro atoms. The molecule has 0 bridgehead atoms. The molecular formula is C23H30ClIN4O2. The van der Waals surface area contributed by atoms with Crippen molar-refractivity contribution in [2.24, 2.45) is 4.99 Å². The van der Waals surface area contributed by atoms with Gasteiger partial charge < -0.3 is 20.3 Å². The minimum atomic E-state index is -0.0724. The van der Waals surface area contributed by atoms with Crippen LogP contribution in [0.15, 0.2) is 53.5 Å².